The minimum Gasteiger partial charge on any atom is -0.480 e. The smallest absolute Gasteiger partial charge is 0.328 e. The molecule has 0 atom stereocenters. The molecule has 0 unspecified atom stereocenters. The van der Waals surface area contributed by atoms with Gasteiger partial charge in [0, 0.05) is 17.3 Å². The van der Waals surface area contributed by atoms with Gasteiger partial charge in [-0.3, -0.25) is 14.0 Å². The Morgan fingerprint density at radius 3 is 2.70 bits per heavy atom. The molecule has 0 radical (unpaired) electrons. The standard InChI is InChI=1S/C12H13N3O4S/c1-6-5-20-11-13-4-7(9(17)15(6)11)8(16)14-12(2,3)10(18)19/h4-5H,1-3H3,(H,14,16)(H,18,19). The highest BCUT2D eigenvalue weighted by molar-refractivity contribution is 7.15. The molecule has 0 bridgehead atoms. The van der Waals surface area contributed by atoms with Gasteiger partial charge in [0.05, 0.1) is 0 Å². The second-order valence-electron chi connectivity index (χ2n) is 4.86. The third-order valence-corrected chi connectivity index (χ3v) is 3.78. The Labute approximate surface area is 117 Å². The van der Waals surface area contributed by atoms with E-state index >= 15 is 0 Å². The molecule has 2 aromatic heterocycles. The molecule has 2 heterocycles. The zero-order valence-corrected chi connectivity index (χ0v) is 11.9. The number of thiazole rings is 1. The average molecular weight is 295 g/mol. The number of nitrogens with one attached hydrogen (secondary N) is 1. The fraction of sp³-hybridized carbons (Fsp3) is 0.333. The molecule has 0 fully saturated rings. The summed E-state index contributed by atoms with van der Waals surface area (Å²) in [6.07, 6.45) is 1.17. The number of aliphatic carboxylic acids is 1. The monoisotopic (exact) mass is 295 g/mol. The van der Waals surface area contributed by atoms with E-state index in [4.69, 9.17) is 5.11 Å². The molecule has 0 aliphatic rings. The number of amides is 1. The number of rotatable bonds is 3. The van der Waals surface area contributed by atoms with Crippen molar-refractivity contribution < 1.29 is 14.7 Å². The van der Waals surface area contributed by atoms with Crippen LogP contribution in [0, 0.1) is 6.92 Å². The predicted molar refractivity (Wildman–Crippen MR) is 73.3 cm³/mol. The molecule has 2 aromatic rings. The lowest BCUT2D eigenvalue weighted by Crippen LogP contribution is -2.50. The van der Waals surface area contributed by atoms with Gasteiger partial charge in [-0.25, -0.2) is 9.78 Å². The number of carbonyl (C=O) groups excluding carboxylic acids is 1. The summed E-state index contributed by atoms with van der Waals surface area (Å²) in [6.45, 7) is 4.41. The van der Waals surface area contributed by atoms with Crippen molar-refractivity contribution in [2.24, 2.45) is 0 Å². The third-order valence-electron chi connectivity index (χ3n) is 2.82. The molecule has 20 heavy (non-hydrogen) atoms. The van der Waals surface area contributed by atoms with Crippen LogP contribution in [-0.2, 0) is 4.79 Å². The maximum atomic E-state index is 12.2. The van der Waals surface area contributed by atoms with Crippen LogP contribution in [0.15, 0.2) is 16.4 Å². The molecule has 0 saturated heterocycles. The molecule has 2 rings (SSSR count). The number of carboxylic acid groups (broad SMARTS) is 1. The van der Waals surface area contributed by atoms with E-state index in [0.29, 0.717) is 10.7 Å². The molecular formula is C12H13N3O4S. The maximum absolute atomic E-state index is 12.2. The van der Waals surface area contributed by atoms with Crippen molar-refractivity contribution in [3.63, 3.8) is 0 Å². The van der Waals surface area contributed by atoms with Gasteiger partial charge in [0.15, 0.2) is 4.96 Å². The van der Waals surface area contributed by atoms with Crippen LogP contribution in [0.4, 0.5) is 0 Å². The fourth-order valence-electron chi connectivity index (χ4n) is 1.59. The first-order chi connectivity index (χ1) is 9.24. The van der Waals surface area contributed by atoms with Gasteiger partial charge in [-0.05, 0) is 20.8 Å². The minimum absolute atomic E-state index is 0.182. The van der Waals surface area contributed by atoms with Gasteiger partial charge in [-0.1, -0.05) is 0 Å². The number of aromatic nitrogens is 2. The molecule has 0 spiro atoms. The molecule has 8 heteroatoms. The van der Waals surface area contributed by atoms with Gasteiger partial charge in [-0.15, -0.1) is 11.3 Å². The summed E-state index contributed by atoms with van der Waals surface area (Å²) in [4.78, 5) is 39.8. The SMILES string of the molecule is Cc1csc2ncc(C(=O)NC(C)(C)C(=O)O)c(=O)n12. The lowest BCUT2D eigenvalue weighted by Gasteiger charge is -2.20. The lowest BCUT2D eigenvalue weighted by atomic mass is 10.1. The second-order valence-corrected chi connectivity index (χ2v) is 5.69. The number of carboxylic acids is 1. The summed E-state index contributed by atoms with van der Waals surface area (Å²) in [6, 6.07) is 0. The third kappa shape index (κ3) is 2.29. The van der Waals surface area contributed by atoms with E-state index in [0.717, 1.165) is 0 Å². The van der Waals surface area contributed by atoms with E-state index in [2.05, 4.69) is 10.3 Å². The highest BCUT2D eigenvalue weighted by atomic mass is 32.1. The van der Waals surface area contributed by atoms with Crippen LogP contribution in [0.25, 0.3) is 4.96 Å². The van der Waals surface area contributed by atoms with Crippen molar-refractivity contribution in [2.45, 2.75) is 26.3 Å². The Hall–Kier alpha value is -2.22. The zero-order valence-electron chi connectivity index (χ0n) is 11.1. The average Bonchev–Trinajstić information content (AvgIpc) is 2.71. The summed E-state index contributed by atoms with van der Waals surface area (Å²) in [5.74, 6) is -1.94. The Morgan fingerprint density at radius 2 is 2.10 bits per heavy atom. The summed E-state index contributed by atoms with van der Waals surface area (Å²) in [5.41, 5.74) is -1.48. The van der Waals surface area contributed by atoms with Crippen LogP contribution in [0.5, 0.6) is 0 Å². The van der Waals surface area contributed by atoms with E-state index in [9.17, 15) is 14.4 Å². The van der Waals surface area contributed by atoms with Crippen LogP contribution in [-0.4, -0.2) is 31.9 Å². The van der Waals surface area contributed by atoms with Crippen LogP contribution in [0.3, 0.4) is 0 Å². The molecule has 106 valence electrons. The second kappa shape index (κ2) is 4.71. The minimum atomic E-state index is -1.47. The van der Waals surface area contributed by atoms with Crippen LogP contribution < -0.4 is 10.9 Å². The van der Waals surface area contributed by atoms with Gasteiger partial charge in [0.25, 0.3) is 11.5 Å². The van der Waals surface area contributed by atoms with Gasteiger partial charge in [-0.2, -0.15) is 0 Å². The summed E-state index contributed by atoms with van der Waals surface area (Å²) in [7, 11) is 0. The highest BCUT2D eigenvalue weighted by Crippen LogP contribution is 2.11. The Morgan fingerprint density at radius 1 is 1.45 bits per heavy atom. The van der Waals surface area contributed by atoms with Crippen LogP contribution >= 0.6 is 11.3 Å². The topological polar surface area (TPSA) is 101 Å². The maximum Gasteiger partial charge on any atom is 0.328 e. The zero-order chi connectivity index (χ0) is 15.1. The first-order valence-corrected chi connectivity index (χ1v) is 6.64. The number of nitrogens with zero attached hydrogens (tertiary/aromatic N) is 2. The number of aryl methyl sites for hydroxylation is 1. The van der Waals surface area contributed by atoms with Crippen molar-refractivity contribution in [2.75, 3.05) is 0 Å². The highest BCUT2D eigenvalue weighted by Gasteiger charge is 2.30. The number of hydrogen-bond donors (Lipinski definition) is 2. The van der Waals surface area contributed by atoms with Gasteiger partial charge >= 0.3 is 5.97 Å². The van der Waals surface area contributed by atoms with Crippen molar-refractivity contribution in [1.29, 1.82) is 0 Å². The molecule has 1 amide bonds. The largest absolute Gasteiger partial charge is 0.480 e. The summed E-state index contributed by atoms with van der Waals surface area (Å²) >= 11 is 1.29. The van der Waals surface area contributed by atoms with E-state index in [1.54, 1.807) is 12.3 Å². The summed E-state index contributed by atoms with van der Waals surface area (Å²) in [5, 5.41) is 13.0. The Balaban J connectivity index is 2.46. The normalized spacial score (nSPS) is 11.6. The van der Waals surface area contributed by atoms with Crippen molar-refractivity contribution in [1.82, 2.24) is 14.7 Å². The van der Waals surface area contributed by atoms with E-state index in [1.807, 2.05) is 0 Å². The van der Waals surface area contributed by atoms with Gasteiger partial charge in [0.2, 0.25) is 0 Å². The molecule has 7 nitrogen and oxygen atoms in total. The van der Waals surface area contributed by atoms with E-state index < -0.39 is 23.0 Å². The number of fused-ring (bicyclic) bond motifs is 1. The quantitative estimate of drug-likeness (QED) is 0.866. The van der Waals surface area contributed by atoms with Crippen molar-refractivity contribution in [3.05, 3.63) is 33.2 Å². The first kappa shape index (κ1) is 14.2. The van der Waals surface area contributed by atoms with Gasteiger partial charge in [0.1, 0.15) is 11.1 Å². The molecule has 0 aliphatic heterocycles. The molecular weight excluding hydrogens is 282 g/mol. The number of hydrogen-bond acceptors (Lipinski definition) is 5. The molecule has 2 N–H and O–H groups in total. The molecule has 0 aromatic carbocycles. The predicted octanol–water partition coefficient (Wildman–Crippen LogP) is 0.657. The first-order valence-electron chi connectivity index (χ1n) is 5.76. The molecule has 0 aliphatic carbocycles. The van der Waals surface area contributed by atoms with Crippen LogP contribution in [0.1, 0.15) is 29.9 Å². The fourth-order valence-corrected chi connectivity index (χ4v) is 2.41. The van der Waals surface area contributed by atoms with Gasteiger partial charge < -0.3 is 10.4 Å². The lowest BCUT2D eigenvalue weighted by molar-refractivity contribution is -0.143. The Kier molecular flexibility index (Phi) is 3.34. The van der Waals surface area contributed by atoms with E-state index in [1.165, 1.54) is 35.8 Å². The Bertz CT molecular complexity index is 760. The summed E-state index contributed by atoms with van der Waals surface area (Å²) < 4.78 is 1.33. The number of carbonyl (C=O) groups is 2. The van der Waals surface area contributed by atoms with Crippen molar-refractivity contribution >= 4 is 28.2 Å². The molecule has 0 saturated carbocycles. The van der Waals surface area contributed by atoms with E-state index in [-0.39, 0.29) is 5.56 Å². The van der Waals surface area contributed by atoms with Crippen molar-refractivity contribution in [3.8, 4) is 0 Å². The van der Waals surface area contributed by atoms with Crippen LogP contribution in [0.2, 0.25) is 0 Å².